The highest BCUT2D eigenvalue weighted by molar-refractivity contribution is 6.47. The van der Waals surface area contributed by atoms with Crippen molar-refractivity contribution in [2.24, 2.45) is 11.8 Å². The number of nitrogens with zero attached hydrogens (tertiary/aromatic N) is 2. The van der Waals surface area contributed by atoms with Gasteiger partial charge in [-0.15, -0.1) is 0 Å². The third-order valence-corrected chi connectivity index (χ3v) is 7.46. The number of esters is 1. The summed E-state index contributed by atoms with van der Waals surface area (Å²) in [6.07, 6.45) is 2.59. The van der Waals surface area contributed by atoms with Gasteiger partial charge in [0.05, 0.1) is 41.6 Å². The number of nitro groups is 2. The van der Waals surface area contributed by atoms with Crippen LogP contribution in [0.5, 0.6) is 11.5 Å². The van der Waals surface area contributed by atoms with Gasteiger partial charge in [-0.1, -0.05) is 0 Å². The van der Waals surface area contributed by atoms with Crippen molar-refractivity contribution < 1.29 is 43.2 Å². The van der Waals surface area contributed by atoms with Crippen LogP contribution in [0.15, 0.2) is 53.8 Å². The van der Waals surface area contributed by atoms with E-state index in [1.807, 2.05) is 0 Å². The van der Waals surface area contributed by atoms with Crippen LogP contribution in [0.4, 0.5) is 17.1 Å². The van der Waals surface area contributed by atoms with E-state index in [4.69, 9.17) is 18.9 Å². The van der Waals surface area contributed by atoms with Crippen molar-refractivity contribution in [3.8, 4) is 11.5 Å². The van der Waals surface area contributed by atoms with E-state index in [0.29, 0.717) is 28.2 Å². The van der Waals surface area contributed by atoms with Gasteiger partial charge in [0.15, 0.2) is 17.3 Å². The molecule has 4 aliphatic rings. The zero-order chi connectivity index (χ0) is 28.3. The molecule has 2 aromatic carbocycles. The summed E-state index contributed by atoms with van der Waals surface area (Å²) in [6.45, 7) is -0.0834. The number of fused-ring (bicyclic) bond motifs is 3. The molecule has 0 spiro atoms. The molecule has 1 N–H and O–H groups in total. The van der Waals surface area contributed by atoms with Crippen molar-refractivity contribution in [1.29, 1.82) is 0 Å². The van der Waals surface area contributed by atoms with Gasteiger partial charge in [-0.2, -0.15) is 0 Å². The first kappa shape index (κ1) is 25.0. The van der Waals surface area contributed by atoms with Crippen molar-refractivity contribution in [2.45, 2.75) is 12.0 Å². The molecule has 0 aromatic heterocycles. The van der Waals surface area contributed by atoms with E-state index in [0.717, 1.165) is 6.07 Å². The van der Waals surface area contributed by atoms with Gasteiger partial charge in [0.25, 0.3) is 17.2 Å². The predicted octanol–water partition coefficient (Wildman–Crippen LogP) is 2.88. The number of cyclic esters (lactones) is 1. The number of allylic oxidation sites excluding steroid dienone is 4. The second-order valence-electron chi connectivity index (χ2n) is 9.56. The molecule has 0 saturated carbocycles. The minimum absolute atomic E-state index is 0.0381. The lowest BCUT2D eigenvalue weighted by Gasteiger charge is -2.40. The Balaban J connectivity index is 1.52. The Bertz CT molecular complexity index is 1560. The van der Waals surface area contributed by atoms with Crippen molar-refractivity contribution >= 4 is 34.6 Å². The topological polar surface area (TPSA) is 186 Å². The summed E-state index contributed by atoms with van der Waals surface area (Å²) in [5, 5.41) is 26.1. The van der Waals surface area contributed by atoms with Gasteiger partial charge in [-0.25, -0.2) is 0 Å². The summed E-state index contributed by atoms with van der Waals surface area (Å²) < 4.78 is 21.7. The largest absolute Gasteiger partial charge is 0.492 e. The van der Waals surface area contributed by atoms with E-state index in [9.17, 15) is 34.6 Å². The molecule has 6 rings (SSSR count). The highest BCUT2D eigenvalue weighted by Crippen LogP contribution is 2.55. The maximum absolute atomic E-state index is 13.2. The van der Waals surface area contributed by atoms with Crippen LogP contribution in [0.3, 0.4) is 0 Å². The molecule has 0 unspecified atom stereocenters. The molecule has 0 radical (unpaired) electrons. The van der Waals surface area contributed by atoms with E-state index in [-0.39, 0.29) is 24.8 Å². The number of nitrogens with one attached hydrogen (secondary N) is 1. The molecule has 40 heavy (non-hydrogen) atoms. The van der Waals surface area contributed by atoms with Gasteiger partial charge < -0.3 is 24.3 Å². The van der Waals surface area contributed by atoms with Crippen LogP contribution in [0, 0.1) is 32.1 Å². The number of nitro benzene ring substituents is 2. The molecule has 1 saturated heterocycles. The van der Waals surface area contributed by atoms with Gasteiger partial charge >= 0.3 is 5.97 Å². The number of carbonyl (C=O) groups is 3. The summed E-state index contributed by atoms with van der Waals surface area (Å²) in [4.78, 5) is 59.5. The summed E-state index contributed by atoms with van der Waals surface area (Å²) in [7, 11) is 1.26. The van der Waals surface area contributed by atoms with Crippen molar-refractivity contribution in [3.63, 3.8) is 0 Å². The molecule has 14 heteroatoms. The number of hydrogen-bond donors (Lipinski definition) is 1. The van der Waals surface area contributed by atoms with E-state index in [1.54, 1.807) is 12.1 Å². The molecule has 1 fully saturated rings. The van der Waals surface area contributed by atoms with Crippen molar-refractivity contribution in [2.75, 3.05) is 25.8 Å². The molecule has 0 bridgehead atoms. The molecule has 2 aliphatic carbocycles. The monoisotopic (exact) mass is 549 g/mol. The Labute approximate surface area is 224 Å². The zero-order valence-corrected chi connectivity index (χ0v) is 20.7. The number of Topliss-reactive ketones (excluding diaryl/α,β-unsaturated/α-hetero) is 1. The third kappa shape index (κ3) is 3.92. The quantitative estimate of drug-likeness (QED) is 0.183. The standard InChI is InChI=1S/C26H19N3O11/c1-37-21-3-11(2-18(30)25(21)31)22-15-7-19-20(40-10-39-19)8-16(15)24(17-9-38-26(32)23(17)22)27-12-4-13(28(33)34)6-14(5-12)29(35)36/h2-8,17,22-24,27H,9-10H2,1H3/t17-,22+,23-,24+/m0/s1. The molecule has 2 heterocycles. The number of hydrogen-bond acceptors (Lipinski definition) is 12. The van der Waals surface area contributed by atoms with Gasteiger partial charge in [0.2, 0.25) is 12.6 Å². The SMILES string of the molecule is COC1=CC([C@@H]2c3cc4c(cc3[C@@H](Nc3cc([N+](=O)[O-])cc([N+](=O)[O-])c3)[C@H]3COC(=O)[C@@H]32)OCO4)=CC(=O)C1=O. The van der Waals surface area contributed by atoms with E-state index >= 15 is 0 Å². The average Bonchev–Trinajstić information content (AvgIpc) is 3.55. The molecular weight excluding hydrogens is 530 g/mol. The summed E-state index contributed by atoms with van der Waals surface area (Å²) in [5.74, 6) is -3.69. The number of methoxy groups -OCH3 is 1. The predicted molar refractivity (Wildman–Crippen MR) is 133 cm³/mol. The van der Waals surface area contributed by atoms with Crippen molar-refractivity contribution in [3.05, 3.63) is 85.2 Å². The fourth-order valence-electron chi connectivity index (χ4n) is 5.74. The van der Waals surface area contributed by atoms with Crippen LogP contribution in [-0.4, -0.2) is 47.9 Å². The van der Waals surface area contributed by atoms with Crippen LogP contribution < -0.4 is 14.8 Å². The molecular formula is C26H19N3O11. The summed E-state index contributed by atoms with van der Waals surface area (Å²) in [6, 6.07) is 5.85. The van der Waals surface area contributed by atoms with Crippen LogP contribution >= 0.6 is 0 Å². The third-order valence-electron chi connectivity index (χ3n) is 7.46. The van der Waals surface area contributed by atoms with E-state index in [2.05, 4.69) is 5.32 Å². The van der Waals surface area contributed by atoms with Crippen LogP contribution in [0.25, 0.3) is 0 Å². The van der Waals surface area contributed by atoms with Gasteiger partial charge in [0, 0.05) is 29.7 Å². The second-order valence-corrected chi connectivity index (χ2v) is 9.56. The molecule has 0 amide bonds. The number of ether oxygens (including phenoxy) is 4. The molecule has 204 valence electrons. The minimum Gasteiger partial charge on any atom is -0.492 e. The maximum atomic E-state index is 13.2. The zero-order valence-electron chi connectivity index (χ0n) is 20.7. The Hall–Kier alpha value is -5.27. The van der Waals surface area contributed by atoms with Crippen LogP contribution in [0.2, 0.25) is 0 Å². The number of anilines is 1. The first-order chi connectivity index (χ1) is 19.2. The number of carbonyl (C=O) groups excluding carboxylic acids is 3. The molecule has 4 atom stereocenters. The van der Waals surface area contributed by atoms with E-state index < -0.39 is 62.6 Å². The second kappa shape index (κ2) is 9.18. The Kier molecular flexibility index (Phi) is 5.75. The van der Waals surface area contributed by atoms with E-state index in [1.165, 1.54) is 31.4 Å². The normalized spacial score (nSPS) is 24.4. The first-order valence-corrected chi connectivity index (χ1v) is 12.0. The fraction of sp³-hybridized carbons (Fsp3) is 0.269. The van der Waals surface area contributed by atoms with Gasteiger partial charge in [-0.3, -0.25) is 34.6 Å². The lowest BCUT2D eigenvalue weighted by Crippen LogP contribution is -2.38. The lowest BCUT2D eigenvalue weighted by molar-refractivity contribution is -0.394. The minimum atomic E-state index is -0.847. The molecule has 2 aromatic rings. The molecule has 2 aliphatic heterocycles. The van der Waals surface area contributed by atoms with Crippen LogP contribution in [0.1, 0.15) is 23.1 Å². The highest BCUT2D eigenvalue weighted by Gasteiger charge is 2.53. The molecule has 14 nitrogen and oxygen atoms in total. The average molecular weight is 549 g/mol. The smallest absolute Gasteiger partial charge is 0.310 e. The Morgan fingerprint density at radius 1 is 0.900 bits per heavy atom. The fourth-order valence-corrected chi connectivity index (χ4v) is 5.74. The Morgan fingerprint density at radius 2 is 1.55 bits per heavy atom. The number of rotatable bonds is 6. The van der Waals surface area contributed by atoms with Crippen LogP contribution in [-0.2, 0) is 23.9 Å². The lowest BCUT2D eigenvalue weighted by atomic mass is 9.64. The summed E-state index contributed by atoms with van der Waals surface area (Å²) in [5.41, 5.74) is 0.631. The highest BCUT2D eigenvalue weighted by atomic mass is 16.7. The van der Waals surface area contributed by atoms with Gasteiger partial charge in [-0.05, 0) is 41.0 Å². The summed E-state index contributed by atoms with van der Waals surface area (Å²) >= 11 is 0. The maximum Gasteiger partial charge on any atom is 0.310 e. The number of ketones is 2. The number of benzene rings is 2. The number of non-ortho nitro benzene ring substituents is 2. The van der Waals surface area contributed by atoms with Crippen molar-refractivity contribution in [1.82, 2.24) is 0 Å². The Morgan fingerprint density at radius 3 is 2.17 bits per heavy atom. The van der Waals surface area contributed by atoms with Gasteiger partial charge in [0.1, 0.15) is 0 Å². The first-order valence-electron chi connectivity index (χ1n) is 12.0.